The van der Waals surface area contributed by atoms with Gasteiger partial charge in [0.15, 0.2) is 0 Å². The molecule has 0 spiro atoms. The van der Waals surface area contributed by atoms with E-state index in [2.05, 4.69) is 0 Å². The highest BCUT2D eigenvalue weighted by Gasteiger charge is 2.21. The van der Waals surface area contributed by atoms with Crippen molar-refractivity contribution in [3.8, 4) is 6.07 Å². The van der Waals surface area contributed by atoms with Crippen molar-refractivity contribution in [3.05, 3.63) is 73.6 Å². The van der Waals surface area contributed by atoms with E-state index in [1.54, 1.807) is 18.2 Å². The van der Waals surface area contributed by atoms with Crippen LogP contribution in [0.5, 0.6) is 0 Å². The summed E-state index contributed by atoms with van der Waals surface area (Å²) in [6, 6.07) is 11.5. The van der Waals surface area contributed by atoms with E-state index in [0.29, 0.717) is 0 Å². The van der Waals surface area contributed by atoms with E-state index in [4.69, 9.17) is 11.6 Å². The minimum atomic E-state index is -4.01. The molecule has 2 aromatic carbocycles. The van der Waals surface area contributed by atoms with Gasteiger partial charge in [-0.05, 0) is 36.8 Å². The van der Waals surface area contributed by atoms with Gasteiger partial charge in [0, 0.05) is 6.07 Å². The Bertz CT molecular complexity index is 974. The molecule has 0 fully saturated rings. The van der Waals surface area contributed by atoms with E-state index in [1.807, 2.05) is 6.92 Å². The van der Waals surface area contributed by atoms with Gasteiger partial charge in [-0.25, -0.2) is 8.42 Å². The van der Waals surface area contributed by atoms with Crippen LogP contribution < -0.4 is 0 Å². The fraction of sp³-hybridized carbons (Fsp3) is 0.0625. The number of sulfone groups is 1. The van der Waals surface area contributed by atoms with Gasteiger partial charge < -0.3 is 0 Å². The maximum atomic E-state index is 12.5. The Hall–Kier alpha value is -2.69. The largest absolute Gasteiger partial charge is 0.288 e. The summed E-state index contributed by atoms with van der Waals surface area (Å²) in [5.74, 6) is 0. The van der Waals surface area contributed by atoms with Crippen LogP contribution in [0.4, 0.5) is 5.69 Å². The Morgan fingerprint density at radius 3 is 2.42 bits per heavy atom. The summed E-state index contributed by atoms with van der Waals surface area (Å²) >= 11 is 5.72. The Kier molecular flexibility index (Phi) is 5.02. The second-order valence-electron chi connectivity index (χ2n) is 4.90. The molecule has 0 radical (unpaired) electrons. The van der Waals surface area contributed by atoms with Crippen LogP contribution >= 0.6 is 11.6 Å². The number of hydrogen-bond acceptors (Lipinski definition) is 5. The molecule has 0 heterocycles. The Morgan fingerprint density at radius 1 is 1.25 bits per heavy atom. The first kappa shape index (κ1) is 17.7. The normalized spacial score (nSPS) is 11.8. The molecule has 0 aliphatic rings. The summed E-state index contributed by atoms with van der Waals surface area (Å²) in [5, 5.41) is 20.0. The molecular weight excluding hydrogens is 352 g/mol. The van der Waals surface area contributed by atoms with Crippen molar-refractivity contribution in [1.82, 2.24) is 0 Å². The molecule has 24 heavy (non-hydrogen) atoms. The molecular formula is C16H11ClN2O4S. The lowest BCUT2D eigenvalue weighted by Crippen LogP contribution is -2.03. The molecule has 0 unspecified atom stereocenters. The number of nitrogens with zero attached hydrogens (tertiary/aromatic N) is 2. The predicted octanol–water partition coefficient (Wildman–Crippen LogP) is 3.90. The van der Waals surface area contributed by atoms with Crippen molar-refractivity contribution >= 4 is 33.2 Å². The van der Waals surface area contributed by atoms with Crippen LogP contribution in [-0.4, -0.2) is 13.3 Å². The average Bonchev–Trinajstić information content (AvgIpc) is 2.54. The highest BCUT2D eigenvalue weighted by Crippen LogP contribution is 2.27. The second kappa shape index (κ2) is 6.83. The first-order chi connectivity index (χ1) is 11.3. The lowest BCUT2D eigenvalue weighted by molar-refractivity contribution is -0.384. The maximum Gasteiger partial charge on any atom is 0.288 e. The fourth-order valence-corrected chi connectivity index (χ4v) is 3.27. The molecule has 6 nitrogen and oxygen atoms in total. The summed E-state index contributed by atoms with van der Waals surface area (Å²) in [6.45, 7) is 1.81. The highest BCUT2D eigenvalue weighted by atomic mass is 35.5. The molecule has 8 heteroatoms. The lowest BCUT2D eigenvalue weighted by Gasteiger charge is -2.04. The van der Waals surface area contributed by atoms with E-state index >= 15 is 0 Å². The van der Waals surface area contributed by atoms with Crippen LogP contribution in [0.25, 0.3) is 6.08 Å². The number of nitriles is 1. The van der Waals surface area contributed by atoms with E-state index in [0.717, 1.165) is 17.7 Å². The third-order valence-electron chi connectivity index (χ3n) is 3.20. The summed E-state index contributed by atoms with van der Waals surface area (Å²) in [4.78, 5) is 9.68. The summed E-state index contributed by atoms with van der Waals surface area (Å²) in [7, 11) is -4.01. The lowest BCUT2D eigenvalue weighted by atomic mass is 10.2. The van der Waals surface area contributed by atoms with Crippen LogP contribution in [0.15, 0.2) is 52.3 Å². The van der Waals surface area contributed by atoms with Gasteiger partial charge in [0.2, 0.25) is 9.84 Å². The van der Waals surface area contributed by atoms with E-state index in [9.17, 15) is 23.8 Å². The molecule has 2 aromatic rings. The van der Waals surface area contributed by atoms with Gasteiger partial charge in [0.05, 0.1) is 9.82 Å². The van der Waals surface area contributed by atoms with Crippen molar-refractivity contribution < 1.29 is 13.3 Å². The molecule has 0 bridgehead atoms. The van der Waals surface area contributed by atoms with Gasteiger partial charge in [0.25, 0.3) is 5.69 Å². The minimum Gasteiger partial charge on any atom is -0.258 e. The number of halogens is 1. The molecule has 2 rings (SSSR count). The number of benzene rings is 2. The minimum absolute atomic E-state index is 0.0237. The molecule has 0 saturated carbocycles. The maximum absolute atomic E-state index is 12.5. The first-order valence-electron chi connectivity index (χ1n) is 6.63. The van der Waals surface area contributed by atoms with E-state index in [-0.39, 0.29) is 21.2 Å². The zero-order chi connectivity index (χ0) is 17.9. The molecule has 122 valence electrons. The molecule has 0 N–H and O–H groups in total. The number of nitro groups is 1. The van der Waals surface area contributed by atoms with Crippen molar-refractivity contribution in [2.75, 3.05) is 0 Å². The molecule has 0 atom stereocenters. The summed E-state index contributed by atoms with van der Waals surface area (Å²) < 4.78 is 25.0. The van der Waals surface area contributed by atoms with Gasteiger partial charge in [0.1, 0.15) is 16.0 Å². The molecule has 0 aliphatic heterocycles. The predicted molar refractivity (Wildman–Crippen MR) is 90.1 cm³/mol. The Balaban J connectivity index is 2.54. The molecule has 0 saturated heterocycles. The zero-order valence-electron chi connectivity index (χ0n) is 12.4. The molecule has 0 amide bonds. The Morgan fingerprint density at radius 2 is 1.88 bits per heavy atom. The van der Waals surface area contributed by atoms with Gasteiger partial charge in [-0.1, -0.05) is 35.4 Å². The molecule has 0 aliphatic carbocycles. The number of nitro benzene ring substituents is 1. The monoisotopic (exact) mass is 362 g/mol. The number of allylic oxidation sites excluding steroid dienone is 1. The van der Waals surface area contributed by atoms with Crippen molar-refractivity contribution in [2.45, 2.75) is 11.8 Å². The zero-order valence-corrected chi connectivity index (χ0v) is 14.0. The third kappa shape index (κ3) is 3.62. The van der Waals surface area contributed by atoms with Crippen LogP contribution in [0.2, 0.25) is 5.02 Å². The van der Waals surface area contributed by atoms with E-state index in [1.165, 1.54) is 24.3 Å². The quantitative estimate of drug-likeness (QED) is 0.466. The molecule has 0 aromatic heterocycles. The fourth-order valence-electron chi connectivity index (χ4n) is 1.93. The van der Waals surface area contributed by atoms with Crippen molar-refractivity contribution in [2.24, 2.45) is 0 Å². The smallest absolute Gasteiger partial charge is 0.258 e. The summed E-state index contributed by atoms with van der Waals surface area (Å²) in [6.07, 6.45) is 1.08. The number of rotatable bonds is 4. The number of hydrogen-bond donors (Lipinski definition) is 0. The van der Waals surface area contributed by atoms with Gasteiger partial charge >= 0.3 is 0 Å². The third-order valence-corrected chi connectivity index (χ3v) is 5.20. The second-order valence-corrected chi connectivity index (χ2v) is 7.23. The topological polar surface area (TPSA) is 101 Å². The van der Waals surface area contributed by atoms with Crippen LogP contribution in [-0.2, 0) is 9.84 Å². The van der Waals surface area contributed by atoms with Crippen LogP contribution in [0.1, 0.15) is 11.1 Å². The average molecular weight is 363 g/mol. The highest BCUT2D eigenvalue weighted by molar-refractivity contribution is 7.95. The van der Waals surface area contributed by atoms with Crippen LogP contribution in [0, 0.1) is 28.4 Å². The number of aryl methyl sites for hydroxylation is 1. The van der Waals surface area contributed by atoms with Gasteiger partial charge in [-0.15, -0.1) is 0 Å². The standard InChI is InChI=1S/C16H11ClN2O4S/c1-11-2-5-13(6-3-11)24(22,23)14(10-18)8-12-4-7-15(17)16(9-12)19(20)21/h2-9H,1H3/b14-8+. The van der Waals surface area contributed by atoms with Gasteiger partial charge in [-0.2, -0.15) is 5.26 Å². The van der Waals surface area contributed by atoms with Crippen molar-refractivity contribution in [3.63, 3.8) is 0 Å². The van der Waals surface area contributed by atoms with E-state index < -0.39 is 19.7 Å². The Labute approximate surface area is 143 Å². The summed E-state index contributed by atoms with van der Waals surface area (Å²) in [5.41, 5.74) is 0.707. The van der Waals surface area contributed by atoms with Crippen molar-refractivity contribution in [1.29, 1.82) is 5.26 Å². The first-order valence-corrected chi connectivity index (χ1v) is 8.49. The van der Waals surface area contributed by atoms with Gasteiger partial charge in [-0.3, -0.25) is 10.1 Å². The van der Waals surface area contributed by atoms with Crippen LogP contribution in [0.3, 0.4) is 0 Å². The SMILES string of the molecule is Cc1ccc(S(=O)(=O)/C(C#N)=C/c2ccc(Cl)c([N+](=O)[O-])c2)cc1.